The molecule has 0 saturated carbocycles. The van der Waals surface area contributed by atoms with Crippen LogP contribution in [0.3, 0.4) is 0 Å². The first-order chi connectivity index (χ1) is 14.2. The summed E-state index contributed by atoms with van der Waals surface area (Å²) < 4.78 is 24.5. The molecule has 4 amide bonds. The summed E-state index contributed by atoms with van der Waals surface area (Å²) in [4.78, 5) is 51.3. The van der Waals surface area contributed by atoms with Crippen LogP contribution < -0.4 is 5.32 Å². The van der Waals surface area contributed by atoms with Gasteiger partial charge in [0.1, 0.15) is 5.75 Å². The zero-order valence-electron chi connectivity index (χ0n) is 16.8. The maximum Gasteiger partial charge on any atom is 0.261 e. The highest BCUT2D eigenvalue weighted by atomic mass is 32.2. The molecule has 2 aliphatic heterocycles. The summed E-state index contributed by atoms with van der Waals surface area (Å²) in [6.45, 7) is 0.780. The molecule has 2 aliphatic rings. The van der Waals surface area contributed by atoms with Gasteiger partial charge in [-0.3, -0.25) is 24.1 Å². The fourth-order valence-electron chi connectivity index (χ4n) is 3.83. The lowest BCUT2D eigenvalue weighted by Crippen LogP contribution is -2.44. The number of rotatable bonds is 7. The Morgan fingerprint density at radius 1 is 1.07 bits per heavy atom. The molecule has 0 aromatic heterocycles. The largest absolute Gasteiger partial charge is 0.358 e. The fourth-order valence-corrected chi connectivity index (χ4v) is 5.50. The van der Waals surface area contributed by atoms with Crippen molar-refractivity contribution in [3.63, 3.8) is 0 Å². The van der Waals surface area contributed by atoms with Gasteiger partial charge in [-0.1, -0.05) is 12.1 Å². The Labute approximate surface area is 175 Å². The molecular weight excluding hydrogens is 410 g/mol. The van der Waals surface area contributed by atoms with Crippen molar-refractivity contribution in [1.82, 2.24) is 15.1 Å². The highest BCUT2D eigenvalue weighted by Crippen LogP contribution is 2.23. The maximum atomic E-state index is 12.5. The first kappa shape index (κ1) is 21.9. The number of sulfone groups is 1. The molecule has 1 N–H and O–H groups in total. The average molecular weight is 436 g/mol. The van der Waals surface area contributed by atoms with E-state index in [0.717, 1.165) is 4.90 Å². The molecule has 3 rings (SSSR count). The van der Waals surface area contributed by atoms with Crippen LogP contribution in [0.4, 0.5) is 0 Å². The fraction of sp³-hybridized carbons (Fsp3) is 0.500. The van der Waals surface area contributed by atoms with Crippen molar-refractivity contribution < 1.29 is 27.6 Å². The van der Waals surface area contributed by atoms with E-state index < -0.39 is 26.7 Å². The number of piperidine rings is 1. The SMILES string of the molecule is CNC(=O)CS(=O)(=O)C1CCN(C(=O)CCCN2C(=O)c3ccccc3C2=O)CC1. The van der Waals surface area contributed by atoms with E-state index in [4.69, 9.17) is 0 Å². The zero-order valence-corrected chi connectivity index (χ0v) is 17.6. The molecule has 0 aliphatic carbocycles. The van der Waals surface area contributed by atoms with Gasteiger partial charge in [0.15, 0.2) is 9.84 Å². The summed E-state index contributed by atoms with van der Waals surface area (Å²) in [6, 6.07) is 6.64. The lowest BCUT2D eigenvalue weighted by Gasteiger charge is -2.31. The number of nitrogens with zero attached hydrogens (tertiary/aromatic N) is 2. The summed E-state index contributed by atoms with van der Waals surface area (Å²) in [7, 11) is -2.15. The minimum atomic E-state index is -3.54. The van der Waals surface area contributed by atoms with Gasteiger partial charge < -0.3 is 10.2 Å². The van der Waals surface area contributed by atoms with E-state index in [9.17, 15) is 27.6 Å². The second kappa shape index (κ2) is 8.95. The van der Waals surface area contributed by atoms with Gasteiger partial charge in [0.2, 0.25) is 11.8 Å². The first-order valence-electron chi connectivity index (χ1n) is 9.89. The lowest BCUT2D eigenvalue weighted by atomic mass is 10.1. The van der Waals surface area contributed by atoms with Gasteiger partial charge in [-0.05, 0) is 31.4 Å². The van der Waals surface area contributed by atoms with Crippen molar-refractivity contribution in [2.75, 3.05) is 32.4 Å². The number of hydrogen-bond acceptors (Lipinski definition) is 6. The Morgan fingerprint density at radius 3 is 2.17 bits per heavy atom. The van der Waals surface area contributed by atoms with E-state index in [2.05, 4.69) is 5.32 Å². The number of imide groups is 1. The standard InChI is InChI=1S/C20H25N3O6S/c1-21-17(24)13-30(28,29)14-8-11-22(12-9-14)18(25)7-4-10-23-19(26)15-5-2-3-6-16(15)20(23)27/h2-3,5-6,14H,4,7-13H2,1H3,(H,21,24). The van der Waals surface area contributed by atoms with Gasteiger partial charge in [-0.15, -0.1) is 0 Å². The lowest BCUT2D eigenvalue weighted by molar-refractivity contribution is -0.132. The monoisotopic (exact) mass is 435 g/mol. The highest BCUT2D eigenvalue weighted by Gasteiger charge is 2.35. The molecule has 10 heteroatoms. The topological polar surface area (TPSA) is 121 Å². The van der Waals surface area contributed by atoms with Crippen molar-refractivity contribution in [2.24, 2.45) is 0 Å². The molecule has 1 saturated heterocycles. The summed E-state index contributed by atoms with van der Waals surface area (Å²) in [5.74, 6) is -1.90. The van der Waals surface area contributed by atoms with Crippen LogP contribution in [0.15, 0.2) is 24.3 Å². The number of benzene rings is 1. The smallest absolute Gasteiger partial charge is 0.261 e. The van der Waals surface area contributed by atoms with E-state index in [-0.39, 0.29) is 30.7 Å². The van der Waals surface area contributed by atoms with Gasteiger partial charge in [-0.25, -0.2) is 8.42 Å². The van der Waals surface area contributed by atoms with Gasteiger partial charge in [0.05, 0.1) is 16.4 Å². The Balaban J connectivity index is 1.45. The van der Waals surface area contributed by atoms with Crippen LogP contribution in [-0.2, 0) is 19.4 Å². The number of nitrogens with one attached hydrogen (secondary N) is 1. The normalized spacial score (nSPS) is 17.2. The number of likely N-dealkylation sites (tertiary alicyclic amines) is 1. The number of hydrogen-bond donors (Lipinski definition) is 1. The molecule has 9 nitrogen and oxygen atoms in total. The van der Waals surface area contributed by atoms with Gasteiger partial charge in [-0.2, -0.15) is 0 Å². The van der Waals surface area contributed by atoms with E-state index in [1.54, 1.807) is 29.2 Å². The first-order valence-corrected chi connectivity index (χ1v) is 11.6. The van der Waals surface area contributed by atoms with Crippen LogP contribution in [0.5, 0.6) is 0 Å². The van der Waals surface area contributed by atoms with Crippen LogP contribution >= 0.6 is 0 Å². The van der Waals surface area contributed by atoms with E-state index >= 15 is 0 Å². The predicted octanol–water partition coefficient (Wildman–Crippen LogP) is 0.215. The molecule has 162 valence electrons. The minimum absolute atomic E-state index is 0.131. The Hall–Kier alpha value is -2.75. The third kappa shape index (κ3) is 4.53. The van der Waals surface area contributed by atoms with Crippen LogP contribution in [-0.4, -0.2) is 79.5 Å². The molecule has 0 bridgehead atoms. The van der Waals surface area contributed by atoms with Crippen LogP contribution in [0.1, 0.15) is 46.4 Å². The van der Waals surface area contributed by atoms with Crippen molar-refractivity contribution in [3.05, 3.63) is 35.4 Å². The van der Waals surface area contributed by atoms with Crippen LogP contribution in [0.25, 0.3) is 0 Å². The van der Waals surface area contributed by atoms with Gasteiger partial charge in [0, 0.05) is 33.1 Å². The van der Waals surface area contributed by atoms with Gasteiger partial charge in [0.25, 0.3) is 11.8 Å². The quantitative estimate of drug-likeness (QED) is 0.612. The van der Waals surface area contributed by atoms with Crippen molar-refractivity contribution in [2.45, 2.75) is 30.9 Å². The highest BCUT2D eigenvalue weighted by molar-refractivity contribution is 7.92. The number of carbonyl (C=O) groups excluding carboxylic acids is 4. The third-order valence-electron chi connectivity index (χ3n) is 5.56. The van der Waals surface area contributed by atoms with Crippen molar-refractivity contribution >= 4 is 33.5 Å². The van der Waals surface area contributed by atoms with Crippen LogP contribution in [0, 0.1) is 0 Å². The molecule has 0 unspecified atom stereocenters. The molecule has 1 aromatic rings. The Kier molecular flexibility index (Phi) is 6.55. The summed E-state index contributed by atoms with van der Waals surface area (Å²) in [6.07, 6.45) is 1.11. The molecule has 0 atom stereocenters. The van der Waals surface area contributed by atoms with E-state index in [1.165, 1.54) is 7.05 Å². The molecule has 2 heterocycles. The molecule has 0 radical (unpaired) electrons. The average Bonchev–Trinajstić information content (AvgIpc) is 2.98. The molecule has 30 heavy (non-hydrogen) atoms. The third-order valence-corrected chi connectivity index (χ3v) is 7.72. The maximum absolute atomic E-state index is 12.5. The second-order valence-corrected chi connectivity index (χ2v) is 9.75. The van der Waals surface area contributed by atoms with Crippen molar-refractivity contribution in [3.8, 4) is 0 Å². The van der Waals surface area contributed by atoms with Crippen molar-refractivity contribution in [1.29, 1.82) is 0 Å². The second-order valence-electron chi connectivity index (χ2n) is 7.47. The summed E-state index contributed by atoms with van der Waals surface area (Å²) in [5, 5.41) is 1.68. The number of carbonyl (C=O) groups is 4. The molecule has 1 aromatic carbocycles. The van der Waals surface area contributed by atoms with E-state index in [1.807, 2.05) is 0 Å². The molecular formula is C20H25N3O6S. The van der Waals surface area contributed by atoms with Gasteiger partial charge >= 0.3 is 0 Å². The van der Waals surface area contributed by atoms with E-state index in [0.29, 0.717) is 43.5 Å². The van der Waals surface area contributed by atoms with Crippen LogP contribution in [0.2, 0.25) is 0 Å². The zero-order chi connectivity index (χ0) is 21.9. The predicted molar refractivity (Wildman–Crippen MR) is 108 cm³/mol. The number of fused-ring (bicyclic) bond motifs is 1. The molecule has 0 spiro atoms. The minimum Gasteiger partial charge on any atom is -0.358 e. The Bertz CT molecular complexity index is 932. The Morgan fingerprint density at radius 2 is 1.63 bits per heavy atom. The summed E-state index contributed by atoms with van der Waals surface area (Å²) in [5.41, 5.74) is 0.766. The number of amides is 4. The molecule has 1 fully saturated rings. The summed E-state index contributed by atoms with van der Waals surface area (Å²) >= 11 is 0.